The van der Waals surface area contributed by atoms with E-state index in [4.69, 9.17) is 9.15 Å². The lowest BCUT2D eigenvalue weighted by Gasteiger charge is -2.39. The normalized spacial score (nSPS) is 18.0. The number of hydrogen-bond donors (Lipinski definition) is 0. The third kappa shape index (κ3) is 5.16. The summed E-state index contributed by atoms with van der Waals surface area (Å²) in [4.78, 5) is 23.8. The van der Waals surface area contributed by atoms with Crippen LogP contribution in [0.25, 0.3) is 0 Å². The second-order valence-electron chi connectivity index (χ2n) is 8.57. The molecule has 0 radical (unpaired) electrons. The highest BCUT2D eigenvalue weighted by atomic mass is 16.5. The SMILES string of the molecule is O=C(c1coc(CN2CCN(C(c3ccccc3)c3ccccc3)CC2)n1)N1CCOCC1. The maximum Gasteiger partial charge on any atom is 0.275 e. The largest absolute Gasteiger partial charge is 0.447 e. The van der Waals surface area contributed by atoms with Gasteiger partial charge in [-0.05, 0) is 11.1 Å². The Bertz CT molecular complexity index is 986. The first-order valence-electron chi connectivity index (χ1n) is 11.7. The summed E-state index contributed by atoms with van der Waals surface area (Å²) in [7, 11) is 0. The zero-order chi connectivity index (χ0) is 22.5. The van der Waals surface area contributed by atoms with E-state index in [0.717, 1.165) is 26.2 Å². The predicted molar refractivity (Wildman–Crippen MR) is 125 cm³/mol. The van der Waals surface area contributed by atoms with Gasteiger partial charge in [0.15, 0.2) is 5.69 Å². The van der Waals surface area contributed by atoms with Crippen molar-refractivity contribution in [2.24, 2.45) is 0 Å². The van der Waals surface area contributed by atoms with E-state index in [1.54, 1.807) is 4.90 Å². The number of benzene rings is 2. The Labute approximate surface area is 194 Å². The van der Waals surface area contributed by atoms with Crippen LogP contribution in [0.2, 0.25) is 0 Å². The van der Waals surface area contributed by atoms with Crippen molar-refractivity contribution in [1.82, 2.24) is 19.7 Å². The molecule has 7 nitrogen and oxygen atoms in total. The maximum absolute atomic E-state index is 12.6. The van der Waals surface area contributed by atoms with Gasteiger partial charge in [0.1, 0.15) is 6.26 Å². The zero-order valence-electron chi connectivity index (χ0n) is 18.8. The summed E-state index contributed by atoms with van der Waals surface area (Å²) in [6, 6.07) is 21.7. The van der Waals surface area contributed by atoms with Crippen LogP contribution in [0.4, 0.5) is 0 Å². The summed E-state index contributed by atoms with van der Waals surface area (Å²) in [6.07, 6.45) is 1.49. The van der Waals surface area contributed by atoms with E-state index in [1.165, 1.54) is 17.4 Å². The average Bonchev–Trinajstić information content (AvgIpc) is 3.35. The van der Waals surface area contributed by atoms with Crippen LogP contribution < -0.4 is 0 Å². The molecule has 2 aliphatic rings. The molecule has 0 bridgehead atoms. The van der Waals surface area contributed by atoms with Gasteiger partial charge in [-0.15, -0.1) is 0 Å². The molecule has 2 aromatic carbocycles. The van der Waals surface area contributed by atoms with Crippen molar-refractivity contribution in [2.75, 3.05) is 52.5 Å². The second kappa shape index (κ2) is 10.3. The van der Waals surface area contributed by atoms with Crippen molar-refractivity contribution in [3.05, 3.63) is 89.6 Å². The van der Waals surface area contributed by atoms with Crippen molar-refractivity contribution in [1.29, 1.82) is 0 Å². The van der Waals surface area contributed by atoms with Crippen molar-refractivity contribution in [2.45, 2.75) is 12.6 Å². The maximum atomic E-state index is 12.6. The average molecular weight is 447 g/mol. The molecule has 0 spiro atoms. The number of rotatable bonds is 6. The highest BCUT2D eigenvalue weighted by molar-refractivity contribution is 5.92. The molecule has 1 aromatic heterocycles. The molecular weight excluding hydrogens is 416 g/mol. The van der Waals surface area contributed by atoms with Crippen molar-refractivity contribution in [3.63, 3.8) is 0 Å². The molecule has 0 saturated carbocycles. The number of nitrogens with zero attached hydrogens (tertiary/aromatic N) is 4. The van der Waals surface area contributed by atoms with Crippen LogP contribution in [0.5, 0.6) is 0 Å². The molecule has 0 atom stereocenters. The van der Waals surface area contributed by atoms with Gasteiger partial charge in [-0.1, -0.05) is 60.7 Å². The van der Waals surface area contributed by atoms with E-state index in [9.17, 15) is 4.79 Å². The molecule has 2 fully saturated rings. The van der Waals surface area contributed by atoms with Gasteiger partial charge < -0.3 is 14.1 Å². The number of piperazine rings is 1. The summed E-state index contributed by atoms with van der Waals surface area (Å²) in [6.45, 7) is 6.73. The van der Waals surface area contributed by atoms with Gasteiger partial charge in [0.25, 0.3) is 5.91 Å². The van der Waals surface area contributed by atoms with E-state index in [0.29, 0.717) is 44.4 Å². The Balaban J connectivity index is 1.21. The quantitative estimate of drug-likeness (QED) is 0.580. The van der Waals surface area contributed by atoms with Gasteiger partial charge in [0.05, 0.1) is 25.8 Å². The number of ether oxygens (including phenoxy) is 1. The third-order valence-electron chi connectivity index (χ3n) is 6.43. The van der Waals surface area contributed by atoms with Gasteiger partial charge >= 0.3 is 0 Å². The Morgan fingerprint density at radius 1 is 0.848 bits per heavy atom. The first-order chi connectivity index (χ1) is 16.3. The summed E-state index contributed by atoms with van der Waals surface area (Å²) in [5, 5.41) is 0. The zero-order valence-corrected chi connectivity index (χ0v) is 18.8. The van der Waals surface area contributed by atoms with E-state index in [2.05, 4.69) is 75.4 Å². The molecule has 2 saturated heterocycles. The fraction of sp³-hybridized carbons (Fsp3) is 0.385. The standard InChI is InChI=1S/C26H30N4O3/c31-26(30-15-17-32-18-16-30)23-20-33-24(27-23)19-28-11-13-29(14-12-28)25(21-7-3-1-4-8-21)22-9-5-2-6-10-22/h1-10,20,25H,11-19H2. The Morgan fingerprint density at radius 3 is 2.06 bits per heavy atom. The molecule has 3 aromatic rings. The van der Waals surface area contributed by atoms with Crippen molar-refractivity contribution >= 4 is 5.91 Å². The number of carbonyl (C=O) groups excluding carboxylic acids is 1. The minimum Gasteiger partial charge on any atom is -0.447 e. The molecule has 33 heavy (non-hydrogen) atoms. The second-order valence-corrected chi connectivity index (χ2v) is 8.57. The molecule has 7 heteroatoms. The van der Waals surface area contributed by atoms with Crippen LogP contribution >= 0.6 is 0 Å². The monoisotopic (exact) mass is 446 g/mol. The van der Waals surface area contributed by atoms with Gasteiger partial charge in [0, 0.05) is 39.3 Å². The van der Waals surface area contributed by atoms with Gasteiger partial charge in [-0.3, -0.25) is 14.6 Å². The van der Waals surface area contributed by atoms with Crippen LogP contribution in [0.15, 0.2) is 71.3 Å². The van der Waals surface area contributed by atoms with E-state index in [1.807, 2.05) is 0 Å². The van der Waals surface area contributed by atoms with Gasteiger partial charge in [-0.25, -0.2) is 4.98 Å². The summed E-state index contributed by atoms with van der Waals surface area (Å²) in [5.41, 5.74) is 3.02. The fourth-order valence-corrected chi connectivity index (χ4v) is 4.67. The fourth-order valence-electron chi connectivity index (χ4n) is 4.67. The Morgan fingerprint density at radius 2 is 1.45 bits per heavy atom. The number of carbonyl (C=O) groups is 1. The Hall–Kier alpha value is -3.00. The van der Waals surface area contributed by atoms with Crippen LogP contribution in [-0.4, -0.2) is 78.1 Å². The molecule has 3 heterocycles. The predicted octanol–water partition coefficient (Wildman–Crippen LogP) is 3.05. The third-order valence-corrected chi connectivity index (χ3v) is 6.43. The van der Waals surface area contributed by atoms with Crippen LogP contribution in [-0.2, 0) is 11.3 Å². The first-order valence-corrected chi connectivity index (χ1v) is 11.7. The molecule has 0 N–H and O–H groups in total. The number of aromatic nitrogens is 1. The van der Waals surface area contributed by atoms with Crippen molar-refractivity contribution < 1.29 is 13.9 Å². The number of amides is 1. The van der Waals surface area contributed by atoms with Crippen LogP contribution in [0, 0.1) is 0 Å². The minimum atomic E-state index is -0.0771. The van der Waals surface area contributed by atoms with Crippen LogP contribution in [0.1, 0.15) is 33.5 Å². The molecule has 0 unspecified atom stereocenters. The first kappa shape index (κ1) is 21.8. The molecule has 5 rings (SSSR count). The number of hydrogen-bond acceptors (Lipinski definition) is 6. The summed E-state index contributed by atoms with van der Waals surface area (Å²) < 4.78 is 11.0. The van der Waals surface area contributed by atoms with Crippen LogP contribution in [0.3, 0.4) is 0 Å². The molecular formula is C26H30N4O3. The highest BCUT2D eigenvalue weighted by Crippen LogP contribution is 2.29. The minimum absolute atomic E-state index is 0.0771. The lowest BCUT2D eigenvalue weighted by Crippen LogP contribution is -2.47. The lowest BCUT2D eigenvalue weighted by molar-refractivity contribution is 0.0299. The highest BCUT2D eigenvalue weighted by Gasteiger charge is 2.27. The molecule has 2 aliphatic heterocycles. The van der Waals surface area contributed by atoms with Gasteiger partial charge in [-0.2, -0.15) is 0 Å². The van der Waals surface area contributed by atoms with E-state index < -0.39 is 0 Å². The van der Waals surface area contributed by atoms with Gasteiger partial charge in [0.2, 0.25) is 5.89 Å². The Kier molecular flexibility index (Phi) is 6.81. The smallest absolute Gasteiger partial charge is 0.275 e. The van der Waals surface area contributed by atoms with E-state index in [-0.39, 0.29) is 11.9 Å². The molecule has 1 amide bonds. The molecule has 172 valence electrons. The summed E-state index contributed by atoms with van der Waals surface area (Å²) in [5.74, 6) is 0.523. The van der Waals surface area contributed by atoms with E-state index >= 15 is 0 Å². The lowest BCUT2D eigenvalue weighted by atomic mass is 9.96. The van der Waals surface area contributed by atoms with Crippen molar-refractivity contribution in [3.8, 4) is 0 Å². The molecule has 0 aliphatic carbocycles. The number of oxazole rings is 1. The topological polar surface area (TPSA) is 62.1 Å². The number of morpholine rings is 1. The summed E-state index contributed by atoms with van der Waals surface area (Å²) >= 11 is 0.